The average molecular weight is 618 g/mol. The highest BCUT2D eigenvalue weighted by Crippen LogP contribution is 2.35. The number of hydrogen-bond donors (Lipinski definition) is 1. The number of sulfonamides is 1. The molecule has 0 aliphatic rings. The van der Waals surface area contributed by atoms with Gasteiger partial charge >= 0.3 is 0 Å². The van der Waals surface area contributed by atoms with E-state index in [9.17, 15) is 18.0 Å². The van der Waals surface area contributed by atoms with Gasteiger partial charge in [-0.3, -0.25) is 13.9 Å². The molecule has 0 spiro atoms. The Balaban J connectivity index is 2.51. The molecule has 36 heavy (non-hydrogen) atoms. The van der Waals surface area contributed by atoms with Crippen LogP contribution in [0.3, 0.4) is 0 Å². The fourth-order valence-electron chi connectivity index (χ4n) is 3.19. The summed E-state index contributed by atoms with van der Waals surface area (Å²) < 4.78 is 26.2. The number of hydrogen-bond acceptors (Lipinski definition) is 4. The zero-order chi connectivity index (χ0) is 27.6. The third-order valence-electron chi connectivity index (χ3n) is 4.96. The van der Waals surface area contributed by atoms with Crippen LogP contribution in [-0.4, -0.2) is 49.5 Å². The Hall–Kier alpha value is -1.42. The number of amides is 2. The Morgan fingerprint density at radius 3 is 2.06 bits per heavy atom. The number of nitrogens with zero attached hydrogens (tertiary/aromatic N) is 2. The van der Waals surface area contributed by atoms with Crippen molar-refractivity contribution >= 4 is 85.5 Å². The molecule has 198 valence electrons. The van der Waals surface area contributed by atoms with E-state index in [1.54, 1.807) is 39.8 Å². The molecule has 0 aliphatic carbocycles. The van der Waals surface area contributed by atoms with Crippen molar-refractivity contribution in [3.8, 4) is 0 Å². The van der Waals surface area contributed by atoms with Gasteiger partial charge in [0.1, 0.15) is 12.6 Å². The normalized spacial score (nSPS) is 12.7. The van der Waals surface area contributed by atoms with E-state index in [4.69, 9.17) is 58.0 Å². The van der Waals surface area contributed by atoms with Gasteiger partial charge in [0.2, 0.25) is 21.8 Å². The van der Waals surface area contributed by atoms with Gasteiger partial charge in [-0.2, -0.15) is 0 Å². The maximum Gasteiger partial charge on any atom is 0.244 e. The predicted octanol–water partition coefficient (Wildman–Crippen LogP) is 6.05. The van der Waals surface area contributed by atoms with Crippen LogP contribution in [0.2, 0.25) is 25.1 Å². The monoisotopic (exact) mass is 615 g/mol. The van der Waals surface area contributed by atoms with Crippen molar-refractivity contribution in [2.24, 2.45) is 0 Å². The number of rotatable bonds is 8. The molecule has 2 aromatic carbocycles. The molecular weight excluding hydrogens is 592 g/mol. The largest absolute Gasteiger partial charge is 0.350 e. The molecule has 1 N–H and O–H groups in total. The van der Waals surface area contributed by atoms with Crippen LogP contribution in [-0.2, 0) is 26.2 Å². The SMILES string of the molecule is C[C@@H](C(=O)NC(C)(C)C)N(Cc1ccc(Cl)cc1Cl)C(=O)CN(c1cc(Cl)c(Cl)cc1Cl)S(C)(=O)=O. The molecule has 1 atom stereocenters. The molecule has 0 fully saturated rings. The summed E-state index contributed by atoms with van der Waals surface area (Å²) in [4.78, 5) is 27.8. The average Bonchev–Trinajstić information content (AvgIpc) is 2.71. The lowest BCUT2D eigenvalue weighted by Gasteiger charge is -2.33. The summed E-state index contributed by atoms with van der Waals surface area (Å²) in [5.74, 6) is -1.11. The first-order chi connectivity index (χ1) is 16.4. The molecule has 0 aromatic heterocycles. The van der Waals surface area contributed by atoms with Crippen molar-refractivity contribution in [1.29, 1.82) is 0 Å². The van der Waals surface area contributed by atoms with E-state index in [1.165, 1.54) is 23.1 Å². The summed E-state index contributed by atoms with van der Waals surface area (Å²) in [6, 6.07) is 6.31. The van der Waals surface area contributed by atoms with Crippen molar-refractivity contribution in [2.45, 2.75) is 45.8 Å². The topological polar surface area (TPSA) is 86.8 Å². The van der Waals surface area contributed by atoms with E-state index < -0.39 is 40.0 Å². The van der Waals surface area contributed by atoms with Crippen molar-refractivity contribution in [3.63, 3.8) is 0 Å². The van der Waals surface area contributed by atoms with Crippen LogP contribution >= 0.6 is 58.0 Å². The Morgan fingerprint density at radius 1 is 0.944 bits per heavy atom. The van der Waals surface area contributed by atoms with Crippen molar-refractivity contribution in [1.82, 2.24) is 10.2 Å². The number of anilines is 1. The predicted molar refractivity (Wildman–Crippen MR) is 148 cm³/mol. The van der Waals surface area contributed by atoms with Gasteiger partial charge < -0.3 is 10.2 Å². The molecule has 0 saturated heterocycles. The number of carbonyl (C=O) groups excluding carboxylic acids is 2. The van der Waals surface area contributed by atoms with Crippen LogP contribution in [0.25, 0.3) is 0 Å². The minimum atomic E-state index is -4.00. The lowest BCUT2D eigenvalue weighted by molar-refractivity contribution is -0.140. The van der Waals surface area contributed by atoms with Gasteiger partial charge in [-0.15, -0.1) is 0 Å². The quantitative estimate of drug-likeness (QED) is 0.366. The van der Waals surface area contributed by atoms with E-state index in [0.29, 0.717) is 10.6 Å². The minimum absolute atomic E-state index is 0.0200. The highest BCUT2D eigenvalue weighted by Gasteiger charge is 2.32. The number of benzene rings is 2. The zero-order valence-electron chi connectivity index (χ0n) is 20.2. The van der Waals surface area contributed by atoms with E-state index in [1.807, 2.05) is 0 Å². The van der Waals surface area contributed by atoms with E-state index in [2.05, 4.69) is 5.32 Å². The minimum Gasteiger partial charge on any atom is -0.350 e. The van der Waals surface area contributed by atoms with Gasteiger partial charge in [-0.1, -0.05) is 64.1 Å². The first kappa shape index (κ1) is 30.8. The van der Waals surface area contributed by atoms with Crippen LogP contribution < -0.4 is 9.62 Å². The Morgan fingerprint density at radius 2 is 1.53 bits per heavy atom. The molecule has 0 bridgehead atoms. The number of halogens is 5. The Bertz CT molecular complexity index is 1270. The van der Waals surface area contributed by atoms with Crippen molar-refractivity contribution < 1.29 is 18.0 Å². The highest BCUT2D eigenvalue weighted by atomic mass is 35.5. The molecule has 13 heteroatoms. The molecule has 2 aromatic rings. The van der Waals surface area contributed by atoms with Crippen molar-refractivity contribution in [3.05, 3.63) is 61.0 Å². The van der Waals surface area contributed by atoms with Gasteiger partial charge in [0.05, 0.1) is 27.0 Å². The molecule has 0 heterocycles. The lowest BCUT2D eigenvalue weighted by atomic mass is 10.1. The van der Waals surface area contributed by atoms with E-state index >= 15 is 0 Å². The van der Waals surface area contributed by atoms with Gasteiger partial charge in [0.25, 0.3) is 0 Å². The summed E-state index contributed by atoms with van der Waals surface area (Å²) >= 11 is 30.6. The number of carbonyl (C=O) groups is 2. The van der Waals surface area contributed by atoms with E-state index in [-0.39, 0.29) is 32.3 Å². The summed E-state index contributed by atoms with van der Waals surface area (Å²) in [6.45, 7) is 6.21. The Labute approximate surface area is 236 Å². The second kappa shape index (κ2) is 12.0. The Kier molecular flexibility index (Phi) is 10.2. The molecule has 2 amide bonds. The second-order valence-corrected chi connectivity index (χ2v) is 13.1. The molecule has 7 nitrogen and oxygen atoms in total. The van der Waals surface area contributed by atoms with Crippen LogP contribution in [0.1, 0.15) is 33.3 Å². The first-order valence-electron chi connectivity index (χ1n) is 10.6. The first-order valence-corrected chi connectivity index (χ1v) is 14.3. The molecule has 0 aliphatic heterocycles. The van der Waals surface area contributed by atoms with Crippen LogP contribution in [0, 0.1) is 0 Å². The zero-order valence-corrected chi connectivity index (χ0v) is 24.8. The molecular formula is C23H26Cl5N3O4S. The van der Waals surface area contributed by atoms with Gasteiger partial charge in [0.15, 0.2) is 0 Å². The molecule has 0 unspecified atom stereocenters. The molecule has 0 radical (unpaired) electrons. The molecule has 0 saturated carbocycles. The lowest BCUT2D eigenvalue weighted by Crippen LogP contribution is -2.54. The summed E-state index contributed by atoms with van der Waals surface area (Å²) in [7, 11) is -4.00. The van der Waals surface area contributed by atoms with Gasteiger partial charge in [-0.05, 0) is 57.5 Å². The summed E-state index contributed by atoms with van der Waals surface area (Å²) in [5.41, 5.74) is -0.0776. The van der Waals surface area contributed by atoms with Crippen LogP contribution in [0.5, 0.6) is 0 Å². The third kappa shape index (κ3) is 8.30. The maximum absolute atomic E-state index is 13.6. The van der Waals surface area contributed by atoms with Crippen LogP contribution in [0.15, 0.2) is 30.3 Å². The fraction of sp³-hybridized carbons (Fsp3) is 0.391. The summed E-state index contributed by atoms with van der Waals surface area (Å²) in [6.07, 6.45) is 0.926. The van der Waals surface area contributed by atoms with Crippen molar-refractivity contribution in [2.75, 3.05) is 17.1 Å². The second-order valence-electron chi connectivity index (χ2n) is 9.16. The maximum atomic E-state index is 13.6. The highest BCUT2D eigenvalue weighted by molar-refractivity contribution is 7.92. The molecule has 2 rings (SSSR count). The van der Waals surface area contributed by atoms with E-state index in [0.717, 1.165) is 10.6 Å². The third-order valence-corrected chi connectivity index (χ3v) is 7.70. The number of nitrogens with one attached hydrogen (secondary N) is 1. The standard InChI is InChI=1S/C23H26Cl5N3O4S/c1-13(22(33)29-23(2,3)4)30(11-14-6-7-15(24)8-16(14)25)21(32)12-31(36(5,34)35)20-10-18(27)17(26)9-19(20)28/h6-10,13H,11-12H2,1-5H3,(H,29,33)/t13-/m0/s1. The summed E-state index contributed by atoms with van der Waals surface area (Å²) in [5, 5.41) is 3.68. The van der Waals surface area contributed by atoms with Crippen LogP contribution in [0.4, 0.5) is 5.69 Å². The smallest absolute Gasteiger partial charge is 0.244 e. The fourth-order valence-corrected chi connectivity index (χ4v) is 5.20. The van der Waals surface area contributed by atoms with Gasteiger partial charge in [0, 0.05) is 22.1 Å². The van der Waals surface area contributed by atoms with Gasteiger partial charge in [-0.25, -0.2) is 8.42 Å².